The van der Waals surface area contributed by atoms with Crippen LogP contribution in [-0.2, 0) is 21.2 Å². The van der Waals surface area contributed by atoms with Crippen LogP contribution in [0.5, 0.6) is 0 Å². The average Bonchev–Trinajstić information content (AvgIpc) is 2.84. The Balaban J connectivity index is 1.63. The Hall–Kier alpha value is -3.65. The van der Waals surface area contributed by atoms with E-state index in [1.165, 1.54) is 29.6 Å². The number of rotatable bonds is 5. The lowest BCUT2D eigenvalue weighted by atomic mass is 10.0. The standard InChI is InChI=1S/C25H24N2O5S/c1-17-12-13-20(25(29)32-2)16-22(17)26-24(28)19-8-5-10-21(15-19)33(30,31)27-14-6-9-18-7-3-4-11-23(18)27/h3-5,7-8,10-13,15-16H,6,9,14H2,1-2H3,(H,26,28). The Morgan fingerprint density at radius 3 is 2.55 bits per heavy atom. The molecule has 1 amide bonds. The van der Waals surface area contributed by atoms with Crippen molar-refractivity contribution in [3.05, 3.63) is 89.0 Å². The highest BCUT2D eigenvalue weighted by Gasteiger charge is 2.29. The van der Waals surface area contributed by atoms with Gasteiger partial charge in [0, 0.05) is 17.8 Å². The van der Waals surface area contributed by atoms with E-state index >= 15 is 0 Å². The highest BCUT2D eigenvalue weighted by Crippen LogP contribution is 2.32. The topological polar surface area (TPSA) is 92.8 Å². The molecule has 7 nitrogen and oxygen atoms in total. The van der Waals surface area contributed by atoms with Crippen molar-refractivity contribution in [1.29, 1.82) is 0 Å². The van der Waals surface area contributed by atoms with Crippen molar-refractivity contribution in [3.63, 3.8) is 0 Å². The molecule has 170 valence electrons. The maximum absolute atomic E-state index is 13.4. The molecule has 33 heavy (non-hydrogen) atoms. The number of para-hydroxylation sites is 1. The fourth-order valence-corrected chi connectivity index (χ4v) is 5.46. The van der Waals surface area contributed by atoms with Gasteiger partial charge in [-0.1, -0.05) is 30.3 Å². The molecule has 0 radical (unpaired) electrons. The molecule has 0 fully saturated rings. The molecule has 0 bridgehead atoms. The van der Waals surface area contributed by atoms with Gasteiger partial charge in [0.1, 0.15) is 0 Å². The van der Waals surface area contributed by atoms with Gasteiger partial charge in [-0.05, 0) is 67.3 Å². The van der Waals surface area contributed by atoms with Gasteiger partial charge in [0.15, 0.2) is 0 Å². The second kappa shape index (κ2) is 9.07. The first-order valence-corrected chi connectivity index (χ1v) is 12.0. The summed E-state index contributed by atoms with van der Waals surface area (Å²) in [6, 6.07) is 18.3. The highest BCUT2D eigenvalue weighted by molar-refractivity contribution is 7.92. The van der Waals surface area contributed by atoms with E-state index in [4.69, 9.17) is 4.74 Å². The van der Waals surface area contributed by atoms with Crippen LogP contribution in [0.25, 0.3) is 0 Å². The predicted octanol–water partition coefficient (Wildman–Crippen LogP) is 4.18. The Morgan fingerprint density at radius 1 is 0.970 bits per heavy atom. The van der Waals surface area contributed by atoms with Gasteiger partial charge in [0.2, 0.25) is 0 Å². The Kier molecular flexibility index (Phi) is 6.20. The molecular weight excluding hydrogens is 440 g/mol. The third kappa shape index (κ3) is 4.47. The molecule has 0 aromatic heterocycles. The summed E-state index contributed by atoms with van der Waals surface area (Å²) in [7, 11) is -2.56. The first kappa shape index (κ1) is 22.5. The number of sulfonamides is 1. The SMILES string of the molecule is COC(=O)c1ccc(C)c(NC(=O)c2cccc(S(=O)(=O)N3CCCc4ccccc43)c2)c1. The Bertz CT molecular complexity index is 1330. The second-order valence-electron chi connectivity index (χ2n) is 7.81. The number of benzene rings is 3. The van der Waals surface area contributed by atoms with Gasteiger partial charge < -0.3 is 10.1 Å². The monoisotopic (exact) mass is 464 g/mol. The first-order valence-electron chi connectivity index (χ1n) is 10.5. The van der Waals surface area contributed by atoms with E-state index in [1.54, 1.807) is 37.3 Å². The molecule has 1 aliphatic rings. The summed E-state index contributed by atoms with van der Waals surface area (Å²) in [6.45, 7) is 2.18. The van der Waals surface area contributed by atoms with Gasteiger partial charge in [-0.25, -0.2) is 13.2 Å². The minimum Gasteiger partial charge on any atom is -0.465 e. The van der Waals surface area contributed by atoms with Crippen LogP contribution in [0, 0.1) is 6.92 Å². The minimum atomic E-state index is -3.84. The molecule has 1 aliphatic heterocycles. The molecule has 0 saturated heterocycles. The maximum atomic E-state index is 13.4. The zero-order valence-corrected chi connectivity index (χ0v) is 19.2. The van der Waals surface area contributed by atoms with E-state index < -0.39 is 21.9 Å². The number of anilines is 2. The van der Waals surface area contributed by atoms with Crippen molar-refractivity contribution in [1.82, 2.24) is 0 Å². The van der Waals surface area contributed by atoms with Crippen LogP contribution >= 0.6 is 0 Å². The number of amides is 1. The lowest BCUT2D eigenvalue weighted by Gasteiger charge is -2.30. The number of methoxy groups -OCH3 is 1. The maximum Gasteiger partial charge on any atom is 0.337 e. The number of hydrogen-bond donors (Lipinski definition) is 1. The van der Waals surface area contributed by atoms with Crippen LogP contribution in [0.2, 0.25) is 0 Å². The summed E-state index contributed by atoms with van der Waals surface area (Å²) >= 11 is 0. The fourth-order valence-electron chi connectivity index (χ4n) is 3.87. The number of fused-ring (bicyclic) bond motifs is 1. The lowest BCUT2D eigenvalue weighted by molar-refractivity contribution is 0.0600. The largest absolute Gasteiger partial charge is 0.465 e. The summed E-state index contributed by atoms with van der Waals surface area (Å²) in [5, 5.41) is 2.76. The van der Waals surface area contributed by atoms with Gasteiger partial charge >= 0.3 is 5.97 Å². The van der Waals surface area contributed by atoms with E-state index in [0.29, 0.717) is 23.5 Å². The van der Waals surface area contributed by atoms with Crippen LogP contribution in [0.3, 0.4) is 0 Å². The molecule has 4 rings (SSSR count). The van der Waals surface area contributed by atoms with E-state index in [9.17, 15) is 18.0 Å². The summed E-state index contributed by atoms with van der Waals surface area (Å²) in [4.78, 5) is 24.8. The average molecular weight is 465 g/mol. The molecule has 1 N–H and O–H groups in total. The number of nitrogens with one attached hydrogen (secondary N) is 1. The number of hydrogen-bond acceptors (Lipinski definition) is 5. The number of aryl methyl sites for hydroxylation is 2. The van der Waals surface area contributed by atoms with Crippen LogP contribution in [-0.4, -0.2) is 33.9 Å². The minimum absolute atomic E-state index is 0.0480. The number of carbonyl (C=O) groups excluding carboxylic acids is 2. The third-order valence-corrected chi connectivity index (χ3v) is 7.47. The first-order chi connectivity index (χ1) is 15.8. The van der Waals surface area contributed by atoms with E-state index in [-0.39, 0.29) is 10.5 Å². The molecule has 0 spiro atoms. The number of esters is 1. The molecule has 8 heteroatoms. The molecule has 0 saturated carbocycles. The molecule has 3 aromatic rings. The summed E-state index contributed by atoms with van der Waals surface area (Å²) in [5.41, 5.74) is 3.37. The zero-order valence-electron chi connectivity index (χ0n) is 18.4. The normalized spacial score (nSPS) is 13.2. The van der Waals surface area contributed by atoms with Crippen molar-refractivity contribution >= 4 is 33.3 Å². The molecule has 3 aromatic carbocycles. The number of nitrogens with zero attached hydrogens (tertiary/aromatic N) is 1. The van der Waals surface area contributed by atoms with Crippen LogP contribution in [0.15, 0.2) is 71.6 Å². The lowest BCUT2D eigenvalue weighted by Crippen LogP contribution is -2.35. The molecule has 1 heterocycles. The van der Waals surface area contributed by atoms with Crippen molar-refractivity contribution < 1.29 is 22.7 Å². The van der Waals surface area contributed by atoms with Gasteiger partial charge in [-0.3, -0.25) is 9.10 Å². The predicted molar refractivity (Wildman–Crippen MR) is 126 cm³/mol. The van der Waals surface area contributed by atoms with Gasteiger partial charge in [0.05, 0.1) is 23.3 Å². The molecule has 0 aliphatic carbocycles. The van der Waals surface area contributed by atoms with Gasteiger partial charge in [-0.2, -0.15) is 0 Å². The molecule has 0 unspecified atom stereocenters. The van der Waals surface area contributed by atoms with Crippen LogP contribution < -0.4 is 9.62 Å². The van der Waals surface area contributed by atoms with Crippen molar-refractivity contribution in [2.45, 2.75) is 24.7 Å². The van der Waals surface area contributed by atoms with Crippen LogP contribution in [0.4, 0.5) is 11.4 Å². The van der Waals surface area contributed by atoms with Gasteiger partial charge in [-0.15, -0.1) is 0 Å². The molecular formula is C25H24N2O5S. The van der Waals surface area contributed by atoms with Crippen molar-refractivity contribution in [2.24, 2.45) is 0 Å². The van der Waals surface area contributed by atoms with Crippen LogP contribution in [0.1, 0.15) is 38.3 Å². The summed E-state index contributed by atoms with van der Waals surface area (Å²) in [5.74, 6) is -0.989. The third-order valence-electron chi connectivity index (χ3n) is 5.66. The Morgan fingerprint density at radius 2 is 1.76 bits per heavy atom. The van der Waals surface area contributed by atoms with E-state index in [2.05, 4.69) is 5.32 Å². The van der Waals surface area contributed by atoms with E-state index in [1.807, 2.05) is 18.2 Å². The summed E-state index contributed by atoms with van der Waals surface area (Å²) in [6.07, 6.45) is 1.56. The van der Waals surface area contributed by atoms with Gasteiger partial charge in [0.25, 0.3) is 15.9 Å². The quantitative estimate of drug-likeness (QED) is 0.572. The van der Waals surface area contributed by atoms with Crippen molar-refractivity contribution in [2.75, 3.05) is 23.3 Å². The second-order valence-corrected chi connectivity index (χ2v) is 9.67. The number of ether oxygens (including phenoxy) is 1. The van der Waals surface area contributed by atoms with E-state index in [0.717, 1.165) is 24.0 Å². The molecule has 0 atom stereocenters. The summed E-state index contributed by atoms with van der Waals surface area (Å²) < 4.78 is 33.0. The highest BCUT2D eigenvalue weighted by atomic mass is 32.2. The smallest absolute Gasteiger partial charge is 0.337 e. The Labute approximate surface area is 193 Å². The fraction of sp³-hybridized carbons (Fsp3) is 0.200. The number of carbonyl (C=O) groups is 2. The van der Waals surface area contributed by atoms with Crippen molar-refractivity contribution in [3.8, 4) is 0 Å². The zero-order chi connectivity index (χ0) is 23.6.